The summed E-state index contributed by atoms with van der Waals surface area (Å²) in [7, 11) is 0. The quantitative estimate of drug-likeness (QED) is 0.264. The molecule has 0 saturated carbocycles. The third-order valence-corrected chi connectivity index (χ3v) is 24.2. The third-order valence-electron chi connectivity index (χ3n) is 4.84. The average molecular weight is 420 g/mol. The number of hydrogen-bond acceptors (Lipinski definition) is 2. The Morgan fingerprint density at radius 3 is 1.68 bits per heavy atom. The highest BCUT2D eigenvalue weighted by Crippen LogP contribution is 2.91. The maximum atomic E-state index is 6.38. The van der Waals surface area contributed by atoms with Crippen LogP contribution in [0.4, 0.5) is 0 Å². The number of thiol groups is 1. The fraction of sp³-hybridized carbons (Fsp3) is 0.700. The molecule has 144 valence electrons. The van der Waals surface area contributed by atoms with Gasteiger partial charge in [0.1, 0.15) is 5.75 Å². The zero-order valence-electron chi connectivity index (χ0n) is 16.5. The standard InChI is InChI=1S/C20H36OP2S2/c1-5-9-16-22(17-10-6-2,18-11-7-3)23(24,25)20-14-12-19(13-15-20)21-8-4/h12-15H,5-11,16-18H2,1-4H3/p+1. The van der Waals surface area contributed by atoms with Gasteiger partial charge in [0, 0.05) is 5.30 Å². The van der Waals surface area contributed by atoms with Crippen molar-refractivity contribution in [1.82, 2.24) is 0 Å². The number of rotatable bonds is 13. The highest BCUT2D eigenvalue weighted by molar-refractivity contribution is 8.90. The van der Waals surface area contributed by atoms with Gasteiger partial charge in [-0.05, 0) is 62.3 Å². The molecule has 0 saturated heterocycles. The van der Waals surface area contributed by atoms with E-state index in [4.69, 9.17) is 28.8 Å². The Labute approximate surface area is 167 Å². The van der Waals surface area contributed by atoms with E-state index in [9.17, 15) is 0 Å². The van der Waals surface area contributed by atoms with Gasteiger partial charge in [0.25, 0.3) is 0 Å². The summed E-state index contributed by atoms with van der Waals surface area (Å²) in [6, 6.07) is 8.59. The molecule has 0 amide bonds. The first-order chi connectivity index (χ1) is 12.0. The van der Waals surface area contributed by atoms with Crippen LogP contribution in [0.25, 0.3) is 0 Å². The lowest BCUT2D eigenvalue weighted by molar-refractivity contribution is 0.340. The Morgan fingerprint density at radius 2 is 1.32 bits per heavy atom. The van der Waals surface area contributed by atoms with Gasteiger partial charge >= 0.3 is 0 Å². The van der Waals surface area contributed by atoms with E-state index in [0.717, 1.165) is 5.75 Å². The first-order valence-electron chi connectivity index (χ1n) is 9.90. The van der Waals surface area contributed by atoms with Crippen LogP contribution in [0.2, 0.25) is 0 Å². The Morgan fingerprint density at radius 1 is 0.880 bits per heavy atom. The second kappa shape index (κ2) is 12.0. The predicted molar refractivity (Wildman–Crippen MR) is 127 cm³/mol. The summed E-state index contributed by atoms with van der Waals surface area (Å²) in [6.07, 6.45) is 11.7. The molecule has 0 aliphatic heterocycles. The van der Waals surface area contributed by atoms with E-state index in [0.29, 0.717) is 6.61 Å². The fourth-order valence-corrected chi connectivity index (χ4v) is 19.4. The van der Waals surface area contributed by atoms with Gasteiger partial charge in [-0.15, -0.1) is 0 Å². The van der Waals surface area contributed by atoms with Crippen molar-refractivity contribution in [3.63, 3.8) is 0 Å². The molecule has 0 N–H and O–H groups in total. The molecule has 0 aliphatic rings. The first-order valence-corrected chi connectivity index (χ1v) is 16.9. The zero-order valence-corrected chi connectivity index (χ0v) is 20.0. The second-order valence-electron chi connectivity index (χ2n) is 6.80. The number of hydrogen-bond donors (Lipinski definition) is 1. The van der Waals surface area contributed by atoms with E-state index in [2.05, 4.69) is 45.0 Å². The van der Waals surface area contributed by atoms with Crippen LogP contribution in [0, 0.1) is 0 Å². The Hall–Kier alpha value is 0.450. The SMILES string of the molecule is CCCC[P+](CCCC)(CCCC)P(=S)(S)c1ccc(OCC)cc1. The minimum absolute atomic E-state index is 0.703. The smallest absolute Gasteiger partial charge is 0.160 e. The molecule has 0 fully saturated rings. The fourth-order valence-electron chi connectivity index (χ4n) is 3.25. The predicted octanol–water partition coefficient (Wildman–Crippen LogP) is 7.37. The molecule has 1 rings (SSSR count). The average Bonchev–Trinajstić information content (AvgIpc) is 2.62. The molecule has 1 atom stereocenters. The molecule has 25 heavy (non-hydrogen) atoms. The molecule has 0 radical (unpaired) electrons. The van der Waals surface area contributed by atoms with Crippen LogP contribution in [0.3, 0.4) is 0 Å². The van der Waals surface area contributed by atoms with E-state index < -0.39 is 11.9 Å². The van der Waals surface area contributed by atoms with Gasteiger partial charge in [0.2, 0.25) is 0 Å². The Balaban J connectivity index is 3.23. The van der Waals surface area contributed by atoms with Crippen LogP contribution in [-0.4, -0.2) is 25.1 Å². The topological polar surface area (TPSA) is 9.23 Å². The van der Waals surface area contributed by atoms with E-state index in [1.807, 2.05) is 6.92 Å². The van der Waals surface area contributed by atoms with Gasteiger partial charge in [-0.1, -0.05) is 52.3 Å². The number of ether oxygens (including phenoxy) is 1. The van der Waals surface area contributed by atoms with E-state index in [-0.39, 0.29) is 0 Å². The highest BCUT2D eigenvalue weighted by Gasteiger charge is 2.48. The number of unbranched alkanes of at least 4 members (excludes halogenated alkanes) is 3. The summed E-state index contributed by atoms with van der Waals surface area (Å²) in [6.45, 7) is 8.37. The molecule has 5 heteroatoms. The lowest BCUT2D eigenvalue weighted by Gasteiger charge is -2.35. The molecular formula is C20H37OP2S2+. The Kier molecular flexibility index (Phi) is 11.3. The van der Waals surface area contributed by atoms with Crippen molar-refractivity contribution >= 4 is 41.2 Å². The van der Waals surface area contributed by atoms with Crippen LogP contribution in [0.15, 0.2) is 24.3 Å². The van der Waals surface area contributed by atoms with Crippen molar-refractivity contribution in [2.24, 2.45) is 0 Å². The monoisotopic (exact) mass is 419 g/mol. The molecule has 1 aromatic carbocycles. The molecule has 1 aromatic rings. The van der Waals surface area contributed by atoms with Crippen molar-refractivity contribution in [3.8, 4) is 5.75 Å². The van der Waals surface area contributed by atoms with Gasteiger partial charge in [-0.3, -0.25) is 0 Å². The summed E-state index contributed by atoms with van der Waals surface area (Å²) >= 11 is 11.7. The van der Waals surface area contributed by atoms with Crippen molar-refractivity contribution < 1.29 is 4.74 Å². The van der Waals surface area contributed by atoms with Crippen LogP contribution in [-0.2, 0) is 11.8 Å². The van der Waals surface area contributed by atoms with Gasteiger partial charge < -0.3 is 4.74 Å². The zero-order chi connectivity index (χ0) is 18.8. The Bertz CT molecular complexity index is 509. The third kappa shape index (κ3) is 6.53. The normalized spacial score (nSPS) is 14.3. The summed E-state index contributed by atoms with van der Waals surface area (Å²) in [4.78, 5) is -1.83. The number of benzene rings is 1. The second-order valence-corrected chi connectivity index (χ2v) is 22.3. The van der Waals surface area contributed by atoms with Crippen molar-refractivity contribution in [3.05, 3.63) is 24.3 Å². The highest BCUT2D eigenvalue weighted by atomic mass is 33.1. The van der Waals surface area contributed by atoms with Crippen LogP contribution in [0.5, 0.6) is 5.75 Å². The van der Waals surface area contributed by atoms with Gasteiger partial charge in [0.05, 0.1) is 32.0 Å². The molecule has 0 aromatic heterocycles. The van der Waals surface area contributed by atoms with Crippen molar-refractivity contribution in [1.29, 1.82) is 0 Å². The first kappa shape index (κ1) is 23.5. The molecule has 1 unspecified atom stereocenters. The van der Waals surface area contributed by atoms with Crippen LogP contribution < -0.4 is 10.0 Å². The summed E-state index contributed by atoms with van der Waals surface area (Å²) < 4.78 is 5.62. The van der Waals surface area contributed by atoms with Gasteiger partial charge in [-0.25, -0.2) is 0 Å². The largest absolute Gasteiger partial charge is 0.494 e. The summed E-state index contributed by atoms with van der Waals surface area (Å²) in [5.74, 6) is 0.939. The molecule has 0 aliphatic carbocycles. The minimum Gasteiger partial charge on any atom is -0.494 e. The summed E-state index contributed by atoms with van der Waals surface area (Å²) in [5.41, 5.74) is 0. The van der Waals surface area contributed by atoms with Gasteiger partial charge in [-0.2, -0.15) is 0 Å². The van der Waals surface area contributed by atoms with Crippen molar-refractivity contribution in [2.45, 2.75) is 66.2 Å². The maximum Gasteiger partial charge on any atom is 0.160 e. The lowest BCUT2D eigenvalue weighted by atomic mass is 10.3. The summed E-state index contributed by atoms with van der Waals surface area (Å²) in [5, 5.41) is 1.31. The molecule has 0 heterocycles. The molecule has 0 bridgehead atoms. The van der Waals surface area contributed by atoms with Crippen LogP contribution >= 0.6 is 24.1 Å². The van der Waals surface area contributed by atoms with Gasteiger partial charge in [0.15, 0.2) is 4.93 Å². The van der Waals surface area contributed by atoms with Crippen LogP contribution in [0.1, 0.15) is 66.2 Å². The molecular weight excluding hydrogens is 382 g/mol. The lowest BCUT2D eigenvalue weighted by Crippen LogP contribution is -2.14. The van der Waals surface area contributed by atoms with E-state index >= 15 is 0 Å². The minimum atomic E-state index is -1.83. The van der Waals surface area contributed by atoms with Crippen molar-refractivity contribution in [2.75, 3.05) is 25.1 Å². The molecule has 0 spiro atoms. The van der Waals surface area contributed by atoms with E-state index in [1.54, 1.807) is 0 Å². The van der Waals surface area contributed by atoms with E-state index in [1.165, 1.54) is 62.3 Å². The maximum absolute atomic E-state index is 6.38. The molecule has 1 nitrogen and oxygen atoms in total.